The summed E-state index contributed by atoms with van der Waals surface area (Å²) in [6.07, 6.45) is 0. The molecular formula is C11H14N6O3. The minimum absolute atomic E-state index is 0.0538. The van der Waals surface area contributed by atoms with Crippen LogP contribution in [0, 0.1) is 10.1 Å². The smallest absolute Gasteiger partial charge is 0.273 e. The topological polar surface area (TPSA) is 108 Å². The number of nitro groups is 1. The summed E-state index contributed by atoms with van der Waals surface area (Å²) in [7, 11) is 3.23. The quantitative estimate of drug-likeness (QED) is 0.638. The van der Waals surface area contributed by atoms with Crippen LogP contribution in [0.3, 0.4) is 0 Å². The Morgan fingerprint density at radius 1 is 1.50 bits per heavy atom. The fraction of sp³-hybridized carbons (Fsp3) is 0.364. The van der Waals surface area contributed by atoms with E-state index in [1.165, 1.54) is 23.9 Å². The summed E-state index contributed by atoms with van der Waals surface area (Å²) in [5.41, 5.74) is 0.488. The first-order valence-corrected chi connectivity index (χ1v) is 5.86. The van der Waals surface area contributed by atoms with E-state index in [0.29, 0.717) is 17.3 Å². The van der Waals surface area contributed by atoms with Gasteiger partial charge in [0.25, 0.3) is 5.69 Å². The van der Waals surface area contributed by atoms with Crippen LogP contribution in [0.4, 0.5) is 5.69 Å². The first kappa shape index (κ1) is 13.9. The number of rotatable bonds is 5. The van der Waals surface area contributed by atoms with Crippen LogP contribution in [0.5, 0.6) is 5.75 Å². The molecule has 1 atom stereocenters. The summed E-state index contributed by atoms with van der Waals surface area (Å²) >= 11 is 0. The number of nitro benzene ring substituents is 1. The van der Waals surface area contributed by atoms with Gasteiger partial charge in [-0.25, -0.2) is 0 Å². The second kappa shape index (κ2) is 5.61. The van der Waals surface area contributed by atoms with Gasteiger partial charge in [0.15, 0.2) is 11.6 Å². The third-order valence-electron chi connectivity index (χ3n) is 2.92. The van der Waals surface area contributed by atoms with Gasteiger partial charge in [0.05, 0.1) is 24.1 Å². The Kier molecular flexibility index (Phi) is 3.89. The highest BCUT2D eigenvalue weighted by atomic mass is 16.6. The second-order valence-corrected chi connectivity index (χ2v) is 4.07. The molecule has 0 saturated heterocycles. The van der Waals surface area contributed by atoms with Crippen molar-refractivity contribution in [1.82, 2.24) is 25.5 Å². The molecule has 0 spiro atoms. The number of nitrogens with one attached hydrogen (secondary N) is 1. The Morgan fingerprint density at radius 3 is 2.85 bits per heavy atom. The number of nitrogens with zero attached hydrogens (tertiary/aromatic N) is 5. The number of aromatic nitrogens is 4. The number of non-ortho nitro benzene ring substituents is 1. The summed E-state index contributed by atoms with van der Waals surface area (Å²) in [5, 5.41) is 25.3. The van der Waals surface area contributed by atoms with Gasteiger partial charge in [-0.3, -0.25) is 10.1 Å². The zero-order chi connectivity index (χ0) is 14.7. The third kappa shape index (κ3) is 2.43. The number of hydrogen-bond donors (Lipinski definition) is 1. The maximum Gasteiger partial charge on any atom is 0.273 e. The Hall–Kier alpha value is -2.55. The van der Waals surface area contributed by atoms with Gasteiger partial charge in [-0.15, -0.1) is 5.10 Å². The van der Waals surface area contributed by atoms with Crippen LogP contribution in [0.15, 0.2) is 18.2 Å². The Balaban J connectivity index is 2.53. The fourth-order valence-corrected chi connectivity index (χ4v) is 1.72. The van der Waals surface area contributed by atoms with E-state index in [0.717, 1.165) is 0 Å². The molecule has 1 unspecified atom stereocenters. The van der Waals surface area contributed by atoms with Crippen LogP contribution < -0.4 is 10.1 Å². The van der Waals surface area contributed by atoms with Crippen LogP contribution in [0.25, 0.3) is 5.69 Å². The fourth-order valence-electron chi connectivity index (χ4n) is 1.72. The SMILES string of the molecule is CNC(C)c1nnnn1-c1ccc([N+](=O)[O-])cc1OC. The van der Waals surface area contributed by atoms with Crippen LogP contribution in [0.1, 0.15) is 18.8 Å². The van der Waals surface area contributed by atoms with Crippen molar-refractivity contribution in [3.05, 3.63) is 34.1 Å². The van der Waals surface area contributed by atoms with Gasteiger partial charge in [0, 0.05) is 6.07 Å². The average Bonchev–Trinajstić information content (AvgIpc) is 2.94. The van der Waals surface area contributed by atoms with E-state index in [1.807, 2.05) is 6.92 Å². The maximum atomic E-state index is 10.8. The van der Waals surface area contributed by atoms with Crippen LogP contribution in [0.2, 0.25) is 0 Å². The molecule has 0 bridgehead atoms. The first-order chi connectivity index (χ1) is 9.58. The summed E-state index contributed by atoms with van der Waals surface area (Å²) in [6, 6.07) is 4.20. The van der Waals surface area contributed by atoms with Gasteiger partial charge in [-0.2, -0.15) is 4.68 Å². The molecule has 0 amide bonds. The number of ether oxygens (including phenoxy) is 1. The van der Waals surface area contributed by atoms with Crippen molar-refractivity contribution in [3.63, 3.8) is 0 Å². The van der Waals surface area contributed by atoms with Gasteiger partial charge < -0.3 is 10.1 Å². The Bertz CT molecular complexity index is 626. The molecule has 9 nitrogen and oxygen atoms in total. The summed E-state index contributed by atoms with van der Waals surface area (Å²) in [5.74, 6) is 0.913. The van der Waals surface area contributed by atoms with E-state index in [2.05, 4.69) is 20.8 Å². The summed E-state index contributed by atoms with van der Waals surface area (Å²) in [6.45, 7) is 1.90. The van der Waals surface area contributed by atoms with E-state index in [-0.39, 0.29) is 11.7 Å². The molecule has 106 valence electrons. The second-order valence-electron chi connectivity index (χ2n) is 4.07. The molecule has 0 aliphatic carbocycles. The van der Waals surface area contributed by atoms with E-state index >= 15 is 0 Å². The van der Waals surface area contributed by atoms with E-state index < -0.39 is 4.92 Å². The molecule has 0 aliphatic rings. The minimum Gasteiger partial charge on any atom is -0.494 e. The average molecular weight is 278 g/mol. The maximum absolute atomic E-state index is 10.8. The zero-order valence-corrected chi connectivity index (χ0v) is 11.3. The first-order valence-electron chi connectivity index (χ1n) is 5.86. The lowest BCUT2D eigenvalue weighted by molar-refractivity contribution is -0.384. The number of hydrogen-bond acceptors (Lipinski definition) is 7. The van der Waals surface area contributed by atoms with Crippen molar-refractivity contribution in [2.75, 3.05) is 14.2 Å². The molecule has 0 radical (unpaired) electrons. The monoisotopic (exact) mass is 278 g/mol. The van der Waals surface area contributed by atoms with Gasteiger partial charge in [0.2, 0.25) is 0 Å². The molecule has 1 aromatic heterocycles. The van der Waals surface area contributed by atoms with Crippen molar-refractivity contribution in [2.24, 2.45) is 0 Å². The van der Waals surface area contributed by atoms with Gasteiger partial charge in [-0.1, -0.05) is 0 Å². The van der Waals surface area contributed by atoms with Crippen molar-refractivity contribution >= 4 is 5.69 Å². The van der Waals surface area contributed by atoms with Gasteiger partial charge in [-0.05, 0) is 30.5 Å². The standard InChI is InChI=1S/C11H14N6O3/c1-7(12-2)11-13-14-15-16(11)9-5-4-8(17(18)19)6-10(9)20-3/h4-7,12H,1-3H3. The summed E-state index contributed by atoms with van der Waals surface area (Å²) < 4.78 is 6.68. The molecule has 0 saturated carbocycles. The normalized spacial score (nSPS) is 12.2. The lowest BCUT2D eigenvalue weighted by Gasteiger charge is -2.12. The van der Waals surface area contributed by atoms with Crippen LogP contribution in [-0.4, -0.2) is 39.3 Å². The molecule has 0 aliphatic heterocycles. The van der Waals surface area contributed by atoms with E-state index in [1.54, 1.807) is 13.1 Å². The lowest BCUT2D eigenvalue weighted by Crippen LogP contribution is -2.18. The Morgan fingerprint density at radius 2 is 2.25 bits per heavy atom. The number of benzene rings is 1. The highest BCUT2D eigenvalue weighted by Gasteiger charge is 2.19. The van der Waals surface area contributed by atoms with E-state index in [9.17, 15) is 10.1 Å². The molecule has 1 aromatic carbocycles. The predicted molar refractivity (Wildman–Crippen MR) is 69.8 cm³/mol. The molecule has 1 N–H and O–H groups in total. The molecule has 9 heteroatoms. The van der Waals surface area contributed by atoms with Gasteiger partial charge >= 0.3 is 0 Å². The number of methoxy groups -OCH3 is 1. The van der Waals surface area contributed by atoms with Crippen molar-refractivity contribution in [1.29, 1.82) is 0 Å². The molecular weight excluding hydrogens is 264 g/mol. The highest BCUT2D eigenvalue weighted by molar-refractivity contribution is 5.53. The third-order valence-corrected chi connectivity index (χ3v) is 2.92. The minimum atomic E-state index is -0.483. The summed E-state index contributed by atoms with van der Waals surface area (Å²) in [4.78, 5) is 10.3. The molecule has 2 rings (SSSR count). The van der Waals surface area contributed by atoms with E-state index in [4.69, 9.17) is 4.74 Å². The Labute approximate surface area is 114 Å². The molecule has 0 fully saturated rings. The molecule has 1 heterocycles. The van der Waals surface area contributed by atoms with Crippen LogP contribution in [-0.2, 0) is 0 Å². The van der Waals surface area contributed by atoms with Gasteiger partial charge in [0.1, 0.15) is 5.69 Å². The van der Waals surface area contributed by atoms with Crippen molar-refractivity contribution in [2.45, 2.75) is 13.0 Å². The predicted octanol–water partition coefficient (Wildman–Crippen LogP) is 0.859. The highest BCUT2D eigenvalue weighted by Crippen LogP contribution is 2.28. The van der Waals surface area contributed by atoms with Crippen molar-refractivity contribution in [3.8, 4) is 11.4 Å². The zero-order valence-electron chi connectivity index (χ0n) is 11.3. The number of tetrazole rings is 1. The lowest BCUT2D eigenvalue weighted by atomic mass is 10.2. The van der Waals surface area contributed by atoms with Crippen molar-refractivity contribution < 1.29 is 9.66 Å². The molecule has 2 aromatic rings. The largest absolute Gasteiger partial charge is 0.494 e. The molecule has 20 heavy (non-hydrogen) atoms. The van der Waals surface area contributed by atoms with Crippen LogP contribution >= 0.6 is 0 Å².